The number of amides is 1. The van der Waals surface area contributed by atoms with Crippen molar-refractivity contribution in [2.75, 3.05) is 40.3 Å². The zero-order valence-corrected chi connectivity index (χ0v) is 12.9. The Morgan fingerprint density at radius 3 is 2.67 bits per heavy atom. The quantitative estimate of drug-likeness (QED) is 0.836. The van der Waals surface area contributed by atoms with Gasteiger partial charge in [0.2, 0.25) is 0 Å². The second-order valence-electron chi connectivity index (χ2n) is 5.74. The van der Waals surface area contributed by atoms with Crippen LogP contribution in [0.1, 0.15) is 27.6 Å². The van der Waals surface area contributed by atoms with Crippen molar-refractivity contribution >= 4 is 11.7 Å². The molecule has 1 unspecified atom stereocenters. The van der Waals surface area contributed by atoms with Gasteiger partial charge in [0.05, 0.1) is 0 Å². The monoisotopic (exact) mass is 289 g/mol. The van der Waals surface area contributed by atoms with Gasteiger partial charge in [0, 0.05) is 43.3 Å². The zero-order valence-electron chi connectivity index (χ0n) is 12.9. The van der Waals surface area contributed by atoms with Crippen LogP contribution in [0.2, 0.25) is 0 Å². The highest BCUT2D eigenvalue weighted by Crippen LogP contribution is 2.08. The molecule has 1 fully saturated rings. The Bertz CT molecular complexity index is 530. The minimum atomic E-state index is -0.125. The van der Waals surface area contributed by atoms with Crippen molar-refractivity contribution in [2.24, 2.45) is 0 Å². The van der Waals surface area contributed by atoms with Gasteiger partial charge in [-0.3, -0.25) is 14.5 Å². The first-order chi connectivity index (χ1) is 9.97. The van der Waals surface area contributed by atoms with E-state index in [1.807, 2.05) is 0 Å². The lowest BCUT2D eigenvalue weighted by Gasteiger charge is -2.37. The van der Waals surface area contributed by atoms with E-state index < -0.39 is 0 Å². The summed E-state index contributed by atoms with van der Waals surface area (Å²) in [5, 5.41) is 2.97. The first-order valence-electron chi connectivity index (χ1n) is 7.25. The van der Waals surface area contributed by atoms with E-state index in [-0.39, 0.29) is 11.7 Å². The van der Waals surface area contributed by atoms with Crippen molar-refractivity contribution in [2.45, 2.75) is 13.0 Å². The molecule has 5 heteroatoms. The number of hydrogen-bond acceptors (Lipinski definition) is 4. The number of nitrogens with one attached hydrogen (secondary N) is 1. The summed E-state index contributed by atoms with van der Waals surface area (Å²) in [5.74, 6) is -0.155. The summed E-state index contributed by atoms with van der Waals surface area (Å²) < 4.78 is 0. The first-order valence-corrected chi connectivity index (χ1v) is 7.25. The van der Waals surface area contributed by atoms with Gasteiger partial charge >= 0.3 is 0 Å². The summed E-state index contributed by atoms with van der Waals surface area (Å²) in [5.41, 5.74) is 1.10. The second kappa shape index (κ2) is 6.83. The number of benzene rings is 1. The van der Waals surface area contributed by atoms with Crippen LogP contribution in [0.25, 0.3) is 0 Å². The third-order valence-electron chi connectivity index (χ3n) is 4.01. The summed E-state index contributed by atoms with van der Waals surface area (Å²) in [6.45, 7) is 5.14. The highest BCUT2D eigenvalue weighted by Gasteiger charge is 2.22. The van der Waals surface area contributed by atoms with Crippen LogP contribution in [0.3, 0.4) is 0 Å². The summed E-state index contributed by atoms with van der Waals surface area (Å²) in [6, 6.07) is 7.17. The molecule has 0 aromatic heterocycles. The number of likely N-dealkylation sites (N-methyl/N-ethyl adjacent to an activating group) is 2. The SMILES string of the molecule is CC(=O)c1cccc(C(=O)NCC2CN(C)CCN2C)c1. The molecule has 0 spiro atoms. The van der Waals surface area contributed by atoms with Crippen LogP contribution in [0.5, 0.6) is 0 Å². The maximum absolute atomic E-state index is 12.2. The van der Waals surface area contributed by atoms with E-state index in [4.69, 9.17) is 0 Å². The average molecular weight is 289 g/mol. The van der Waals surface area contributed by atoms with Crippen LogP contribution in [0.15, 0.2) is 24.3 Å². The van der Waals surface area contributed by atoms with Gasteiger partial charge in [0.15, 0.2) is 5.78 Å². The van der Waals surface area contributed by atoms with Crippen LogP contribution in [0, 0.1) is 0 Å². The maximum atomic E-state index is 12.2. The van der Waals surface area contributed by atoms with Crippen LogP contribution < -0.4 is 5.32 Å². The molecule has 0 bridgehead atoms. The summed E-state index contributed by atoms with van der Waals surface area (Å²) in [6.07, 6.45) is 0. The van der Waals surface area contributed by atoms with Crippen LogP contribution in [0.4, 0.5) is 0 Å². The molecule has 1 aromatic rings. The zero-order chi connectivity index (χ0) is 15.4. The summed E-state index contributed by atoms with van der Waals surface area (Å²) >= 11 is 0. The largest absolute Gasteiger partial charge is 0.350 e. The van der Waals surface area contributed by atoms with E-state index in [2.05, 4.69) is 29.2 Å². The minimum Gasteiger partial charge on any atom is -0.350 e. The van der Waals surface area contributed by atoms with Crippen molar-refractivity contribution in [3.63, 3.8) is 0 Å². The van der Waals surface area contributed by atoms with Crippen LogP contribution in [-0.4, -0.2) is 67.8 Å². The number of carbonyl (C=O) groups excluding carboxylic acids is 2. The van der Waals surface area contributed by atoms with Gasteiger partial charge in [0.1, 0.15) is 0 Å². The fraction of sp³-hybridized carbons (Fsp3) is 0.500. The minimum absolute atomic E-state index is 0.0294. The van der Waals surface area contributed by atoms with E-state index in [0.29, 0.717) is 23.7 Å². The molecule has 21 heavy (non-hydrogen) atoms. The van der Waals surface area contributed by atoms with E-state index in [1.165, 1.54) is 6.92 Å². The Morgan fingerprint density at radius 1 is 1.24 bits per heavy atom. The molecular weight excluding hydrogens is 266 g/mol. The number of rotatable bonds is 4. The Kier molecular flexibility index (Phi) is 5.09. The number of carbonyl (C=O) groups is 2. The normalized spacial score (nSPS) is 20.2. The van der Waals surface area contributed by atoms with Crippen molar-refractivity contribution in [3.8, 4) is 0 Å². The van der Waals surface area contributed by atoms with Crippen molar-refractivity contribution in [3.05, 3.63) is 35.4 Å². The predicted molar refractivity (Wildman–Crippen MR) is 82.7 cm³/mol. The van der Waals surface area contributed by atoms with Gasteiger partial charge in [-0.2, -0.15) is 0 Å². The Hall–Kier alpha value is -1.72. The topological polar surface area (TPSA) is 52.7 Å². The summed E-state index contributed by atoms with van der Waals surface area (Å²) in [4.78, 5) is 28.1. The number of ketones is 1. The van der Waals surface area contributed by atoms with Gasteiger partial charge in [-0.25, -0.2) is 0 Å². The Balaban J connectivity index is 1.95. The summed E-state index contributed by atoms with van der Waals surface area (Å²) in [7, 11) is 4.18. The van der Waals surface area contributed by atoms with Gasteiger partial charge in [0.25, 0.3) is 5.91 Å². The molecular formula is C16H23N3O2. The molecule has 1 aliphatic heterocycles. The second-order valence-corrected chi connectivity index (χ2v) is 5.74. The molecule has 2 rings (SSSR count). The van der Waals surface area contributed by atoms with Crippen molar-refractivity contribution < 1.29 is 9.59 Å². The van der Waals surface area contributed by atoms with Crippen molar-refractivity contribution in [1.82, 2.24) is 15.1 Å². The fourth-order valence-electron chi connectivity index (χ4n) is 2.51. The molecule has 0 aliphatic carbocycles. The number of Topliss-reactive ketones (excluding diaryl/α,β-unsaturated/α-hetero) is 1. The van der Waals surface area contributed by atoms with Crippen molar-refractivity contribution in [1.29, 1.82) is 0 Å². The highest BCUT2D eigenvalue weighted by molar-refractivity contribution is 5.99. The average Bonchev–Trinajstić information content (AvgIpc) is 2.48. The van der Waals surface area contributed by atoms with E-state index >= 15 is 0 Å². The van der Waals surface area contributed by atoms with E-state index in [0.717, 1.165) is 19.6 Å². The number of hydrogen-bond donors (Lipinski definition) is 1. The molecule has 5 nitrogen and oxygen atoms in total. The van der Waals surface area contributed by atoms with Gasteiger partial charge in [-0.1, -0.05) is 12.1 Å². The smallest absolute Gasteiger partial charge is 0.251 e. The molecule has 1 atom stereocenters. The predicted octanol–water partition coefficient (Wildman–Crippen LogP) is 0.865. The Morgan fingerprint density at radius 2 is 1.95 bits per heavy atom. The third-order valence-corrected chi connectivity index (χ3v) is 4.01. The Labute approximate surface area is 125 Å². The number of nitrogens with zero attached hydrogens (tertiary/aromatic N) is 2. The molecule has 114 valence electrons. The lowest BCUT2D eigenvalue weighted by atomic mass is 10.1. The molecule has 1 amide bonds. The molecule has 1 N–H and O–H groups in total. The van der Waals surface area contributed by atoms with Crippen LogP contribution >= 0.6 is 0 Å². The molecule has 1 aliphatic rings. The molecule has 0 saturated carbocycles. The molecule has 1 heterocycles. The molecule has 1 aromatic carbocycles. The maximum Gasteiger partial charge on any atom is 0.251 e. The lowest BCUT2D eigenvalue weighted by Crippen LogP contribution is -2.54. The van der Waals surface area contributed by atoms with E-state index in [1.54, 1.807) is 24.3 Å². The standard InChI is InChI=1S/C16H23N3O2/c1-12(20)13-5-4-6-14(9-13)16(21)17-10-15-11-18(2)7-8-19(15)3/h4-6,9,15H,7-8,10-11H2,1-3H3,(H,17,21). The fourth-order valence-corrected chi connectivity index (χ4v) is 2.51. The van der Waals surface area contributed by atoms with Crippen LogP contribution in [-0.2, 0) is 0 Å². The molecule has 1 saturated heterocycles. The highest BCUT2D eigenvalue weighted by atomic mass is 16.1. The van der Waals surface area contributed by atoms with Gasteiger partial charge < -0.3 is 10.2 Å². The molecule has 0 radical (unpaired) electrons. The van der Waals surface area contributed by atoms with E-state index in [9.17, 15) is 9.59 Å². The van der Waals surface area contributed by atoms with Gasteiger partial charge in [-0.15, -0.1) is 0 Å². The lowest BCUT2D eigenvalue weighted by molar-refractivity contribution is 0.0881. The first kappa shape index (κ1) is 15.7. The van der Waals surface area contributed by atoms with Gasteiger partial charge in [-0.05, 0) is 33.2 Å². The third kappa shape index (κ3) is 4.12. The number of piperazine rings is 1.